The zero-order valence-electron chi connectivity index (χ0n) is 17.7. The van der Waals surface area contributed by atoms with Crippen molar-refractivity contribution in [3.63, 3.8) is 0 Å². The van der Waals surface area contributed by atoms with Crippen molar-refractivity contribution in [2.45, 2.75) is 18.7 Å². The topological polar surface area (TPSA) is 110 Å². The quantitative estimate of drug-likeness (QED) is 0.332. The highest BCUT2D eigenvalue weighted by Crippen LogP contribution is 2.37. The van der Waals surface area contributed by atoms with Crippen LogP contribution in [-0.2, 0) is 10.0 Å². The molecule has 0 fully saturated rings. The van der Waals surface area contributed by atoms with E-state index in [-0.39, 0.29) is 10.8 Å². The van der Waals surface area contributed by atoms with Gasteiger partial charge in [-0.1, -0.05) is 35.5 Å². The van der Waals surface area contributed by atoms with Crippen LogP contribution in [0, 0.1) is 13.8 Å². The molecule has 0 spiro atoms. The maximum atomic E-state index is 12.7. The van der Waals surface area contributed by atoms with Gasteiger partial charge in [0.15, 0.2) is 0 Å². The smallest absolute Gasteiger partial charge is 0.264 e. The third-order valence-corrected chi connectivity index (χ3v) is 7.50. The highest BCUT2D eigenvalue weighted by atomic mass is 32.2. The summed E-state index contributed by atoms with van der Waals surface area (Å²) in [6.45, 7) is 3.49. The van der Waals surface area contributed by atoms with Crippen molar-refractivity contribution < 1.29 is 12.9 Å². The molecule has 0 bridgehead atoms. The van der Waals surface area contributed by atoms with Gasteiger partial charge < -0.3 is 9.84 Å². The normalized spacial score (nSPS) is 11.6. The number of fused-ring (bicyclic) bond motifs is 1. The second kappa shape index (κ2) is 8.30. The van der Waals surface area contributed by atoms with Crippen molar-refractivity contribution in [3.8, 4) is 11.1 Å². The number of benzene rings is 2. The Labute approximate surface area is 194 Å². The summed E-state index contributed by atoms with van der Waals surface area (Å²) in [6.07, 6.45) is 1.51. The number of rotatable bonds is 6. The van der Waals surface area contributed by atoms with Crippen LogP contribution in [0.5, 0.6) is 0 Å². The molecular weight excluding hydrogens is 458 g/mol. The van der Waals surface area contributed by atoms with E-state index in [4.69, 9.17) is 4.52 Å². The minimum atomic E-state index is -3.82. The first kappa shape index (κ1) is 21.1. The summed E-state index contributed by atoms with van der Waals surface area (Å²) in [4.78, 5) is 9.80. The lowest BCUT2D eigenvalue weighted by atomic mass is 10.1. The number of anilines is 3. The zero-order chi connectivity index (χ0) is 23.0. The van der Waals surface area contributed by atoms with E-state index in [0.717, 1.165) is 21.3 Å². The van der Waals surface area contributed by atoms with Crippen molar-refractivity contribution in [1.29, 1.82) is 0 Å². The SMILES string of the molecule is Cc1noc(NS(=O)(=O)c2ccc(Nc3ncnc4scc(-c5ccccc5)c34)cc2)c1C. The van der Waals surface area contributed by atoms with E-state index in [1.54, 1.807) is 37.3 Å². The van der Waals surface area contributed by atoms with E-state index in [1.165, 1.54) is 18.5 Å². The van der Waals surface area contributed by atoms with E-state index in [1.807, 2.05) is 30.3 Å². The molecule has 0 amide bonds. The number of hydrogen-bond acceptors (Lipinski definition) is 8. The molecule has 0 aliphatic heterocycles. The third-order valence-electron chi connectivity index (χ3n) is 5.27. The molecule has 5 aromatic rings. The molecule has 2 N–H and O–H groups in total. The first-order valence-electron chi connectivity index (χ1n) is 10.0. The fraction of sp³-hybridized carbons (Fsp3) is 0.0870. The molecule has 8 nitrogen and oxygen atoms in total. The van der Waals surface area contributed by atoms with Crippen molar-refractivity contribution >= 4 is 49.0 Å². The van der Waals surface area contributed by atoms with Gasteiger partial charge in [-0.2, -0.15) is 0 Å². The summed E-state index contributed by atoms with van der Waals surface area (Å²) < 4.78 is 33.0. The van der Waals surface area contributed by atoms with Crippen LogP contribution < -0.4 is 10.0 Å². The maximum absolute atomic E-state index is 12.7. The summed E-state index contributed by atoms with van der Waals surface area (Å²) in [5.41, 5.74) is 4.10. The number of thiophene rings is 1. The van der Waals surface area contributed by atoms with Gasteiger partial charge in [0.05, 0.1) is 16.0 Å². The molecule has 0 saturated carbocycles. The summed E-state index contributed by atoms with van der Waals surface area (Å²) >= 11 is 1.55. The second-order valence-corrected chi connectivity index (χ2v) is 9.94. The lowest BCUT2D eigenvalue weighted by molar-refractivity contribution is 0.430. The monoisotopic (exact) mass is 477 g/mol. The van der Waals surface area contributed by atoms with Gasteiger partial charge in [-0.05, 0) is 43.7 Å². The van der Waals surface area contributed by atoms with Crippen molar-refractivity contribution in [1.82, 2.24) is 15.1 Å². The summed E-state index contributed by atoms with van der Waals surface area (Å²) in [7, 11) is -3.82. The van der Waals surface area contributed by atoms with Crippen LogP contribution in [0.25, 0.3) is 21.3 Å². The van der Waals surface area contributed by atoms with Crippen molar-refractivity contribution in [2.24, 2.45) is 0 Å². The van der Waals surface area contributed by atoms with Gasteiger partial charge in [0.1, 0.15) is 17.0 Å². The second-order valence-electron chi connectivity index (χ2n) is 7.39. The molecule has 10 heteroatoms. The van der Waals surface area contributed by atoms with Gasteiger partial charge in [0.25, 0.3) is 10.0 Å². The summed E-state index contributed by atoms with van der Waals surface area (Å²) in [6, 6.07) is 16.5. The lowest BCUT2D eigenvalue weighted by Crippen LogP contribution is -2.13. The number of aromatic nitrogens is 3. The van der Waals surface area contributed by atoms with Crippen LogP contribution in [0.3, 0.4) is 0 Å². The van der Waals surface area contributed by atoms with Crippen LogP contribution in [0.2, 0.25) is 0 Å². The lowest BCUT2D eigenvalue weighted by Gasteiger charge is -2.10. The van der Waals surface area contributed by atoms with E-state index >= 15 is 0 Å². The number of sulfonamides is 1. The van der Waals surface area contributed by atoms with E-state index in [9.17, 15) is 8.42 Å². The van der Waals surface area contributed by atoms with Crippen molar-refractivity contribution in [2.75, 3.05) is 10.0 Å². The predicted octanol–water partition coefficient (Wildman–Crippen LogP) is 5.51. The Kier molecular flexibility index (Phi) is 5.31. The first-order chi connectivity index (χ1) is 15.9. The van der Waals surface area contributed by atoms with Crippen LogP contribution in [0.15, 0.2) is 75.7 Å². The number of nitrogens with zero attached hydrogens (tertiary/aromatic N) is 3. The predicted molar refractivity (Wildman–Crippen MR) is 129 cm³/mol. The van der Waals surface area contributed by atoms with Gasteiger partial charge in [-0.25, -0.2) is 23.1 Å². The minimum absolute atomic E-state index is 0.106. The van der Waals surface area contributed by atoms with Crippen LogP contribution in [0.4, 0.5) is 17.4 Å². The van der Waals surface area contributed by atoms with Crippen LogP contribution in [-0.4, -0.2) is 23.5 Å². The number of nitrogens with one attached hydrogen (secondary N) is 2. The number of hydrogen-bond donors (Lipinski definition) is 2. The summed E-state index contributed by atoms with van der Waals surface area (Å²) in [5, 5.41) is 10.1. The molecule has 0 saturated heterocycles. The Balaban J connectivity index is 1.43. The van der Waals surface area contributed by atoms with E-state index < -0.39 is 10.0 Å². The molecular formula is C23H19N5O3S2. The summed E-state index contributed by atoms with van der Waals surface area (Å²) in [5.74, 6) is 0.769. The Hall–Kier alpha value is -3.76. The molecule has 0 aliphatic rings. The highest BCUT2D eigenvalue weighted by Gasteiger charge is 2.19. The Morgan fingerprint density at radius 2 is 1.73 bits per heavy atom. The standard InChI is InChI=1S/C23H19N5O3S2/c1-14-15(2)27-31-22(14)28-33(29,30)18-10-8-17(9-11-18)26-21-20-19(16-6-4-3-5-7-16)12-32-23(20)25-13-24-21/h3-13,28H,1-2H3,(H,24,25,26). The van der Waals surface area contributed by atoms with Gasteiger partial charge in [-0.3, -0.25) is 0 Å². The third kappa shape index (κ3) is 4.06. The molecule has 5 rings (SSSR count). The fourth-order valence-corrected chi connectivity index (χ4v) is 5.31. The van der Waals surface area contributed by atoms with E-state index in [2.05, 4.69) is 30.5 Å². The fourth-order valence-electron chi connectivity index (χ4n) is 3.35. The molecule has 0 radical (unpaired) electrons. The van der Waals surface area contributed by atoms with Gasteiger partial charge in [0, 0.05) is 22.2 Å². The Morgan fingerprint density at radius 3 is 2.42 bits per heavy atom. The van der Waals surface area contributed by atoms with Gasteiger partial charge >= 0.3 is 0 Å². The van der Waals surface area contributed by atoms with Gasteiger partial charge in [0.2, 0.25) is 5.88 Å². The Bertz CT molecular complexity index is 1540. The molecule has 0 aliphatic carbocycles. The van der Waals surface area contributed by atoms with Crippen LogP contribution in [0.1, 0.15) is 11.3 Å². The average molecular weight is 478 g/mol. The molecule has 3 heterocycles. The molecule has 33 heavy (non-hydrogen) atoms. The maximum Gasteiger partial charge on any atom is 0.264 e. The first-order valence-corrected chi connectivity index (χ1v) is 12.4. The van der Waals surface area contributed by atoms with E-state index in [0.29, 0.717) is 22.8 Å². The minimum Gasteiger partial charge on any atom is -0.340 e. The Morgan fingerprint density at radius 1 is 0.970 bits per heavy atom. The molecule has 0 atom stereocenters. The van der Waals surface area contributed by atoms with Gasteiger partial charge in [-0.15, -0.1) is 11.3 Å². The molecule has 3 aromatic heterocycles. The molecule has 2 aromatic carbocycles. The molecule has 166 valence electrons. The van der Waals surface area contributed by atoms with Crippen molar-refractivity contribution in [3.05, 3.63) is 77.6 Å². The number of aryl methyl sites for hydroxylation is 1. The average Bonchev–Trinajstić information content (AvgIpc) is 3.39. The zero-order valence-corrected chi connectivity index (χ0v) is 19.4. The largest absolute Gasteiger partial charge is 0.340 e. The highest BCUT2D eigenvalue weighted by molar-refractivity contribution is 7.92. The molecule has 0 unspecified atom stereocenters. The van der Waals surface area contributed by atoms with Crippen LogP contribution >= 0.6 is 11.3 Å².